The fourth-order valence-electron chi connectivity index (χ4n) is 3.40. The Morgan fingerprint density at radius 2 is 1.67 bits per heavy atom. The first-order chi connectivity index (χ1) is 11.7. The molecule has 0 radical (unpaired) electrons. The van der Waals surface area contributed by atoms with E-state index in [9.17, 15) is 8.42 Å². The second-order valence-corrected chi connectivity index (χ2v) is 8.00. The Bertz CT molecular complexity index is 938. The van der Waals surface area contributed by atoms with Crippen molar-refractivity contribution in [1.82, 2.24) is 13.9 Å². The summed E-state index contributed by atoms with van der Waals surface area (Å²) in [5.74, 6) is 0. The number of sulfonamides is 1. The number of hydrogen-bond acceptors (Lipinski definition) is 3. The molecule has 4 rings (SSSR count). The van der Waals surface area contributed by atoms with Gasteiger partial charge in [-0.3, -0.25) is 4.98 Å². The highest BCUT2D eigenvalue weighted by Gasteiger charge is 2.31. The Hall–Kier alpha value is -2.18. The lowest BCUT2D eigenvalue weighted by Gasteiger charge is -2.32. The van der Waals surface area contributed by atoms with Crippen LogP contribution in [-0.4, -0.2) is 35.4 Å². The van der Waals surface area contributed by atoms with Crippen molar-refractivity contribution in [1.29, 1.82) is 0 Å². The lowest BCUT2D eigenvalue weighted by Crippen LogP contribution is -2.39. The van der Waals surface area contributed by atoms with Crippen molar-refractivity contribution >= 4 is 20.9 Å². The molecule has 0 bridgehead atoms. The van der Waals surface area contributed by atoms with E-state index < -0.39 is 10.0 Å². The third kappa shape index (κ3) is 2.61. The maximum absolute atomic E-state index is 13.1. The predicted molar refractivity (Wildman–Crippen MR) is 93.2 cm³/mol. The van der Waals surface area contributed by atoms with Crippen molar-refractivity contribution in [3.63, 3.8) is 0 Å². The van der Waals surface area contributed by atoms with Crippen molar-refractivity contribution in [3.8, 4) is 0 Å². The summed E-state index contributed by atoms with van der Waals surface area (Å²) >= 11 is 0. The van der Waals surface area contributed by atoms with E-state index in [1.807, 2.05) is 42.7 Å². The second kappa shape index (κ2) is 6.03. The highest BCUT2D eigenvalue weighted by Crippen LogP contribution is 2.29. The minimum atomic E-state index is -3.52. The van der Waals surface area contributed by atoms with Gasteiger partial charge in [-0.05, 0) is 37.1 Å². The van der Waals surface area contributed by atoms with Crippen LogP contribution in [0.5, 0.6) is 0 Å². The predicted octanol–water partition coefficient (Wildman–Crippen LogP) is 3.06. The van der Waals surface area contributed by atoms with Gasteiger partial charge < -0.3 is 4.57 Å². The molecule has 24 heavy (non-hydrogen) atoms. The Balaban J connectivity index is 1.62. The smallest absolute Gasteiger partial charge is 0.245 e. The van der Waals surface area contributed by atoms with Crippen LogP contribution in [0.2, 0.25) is 0 Å². The Morgan fingerprint density at radius 1 is 0.958 bits per heavy atom. The van der Waals surface area contributed by atoms with Crippen LogP contribution in [0.15, 0.2) is 66.0 Å². The summed E-state index contributed by atoms with van der Waals surface area (Å²) in [6.45, 7) is 1.07. The minimum Gasteiger partial charge on any atom is -0.351 e. The molecule has 0 amide bonds. The molecule has 1 fully saturated rings. The summed E-state index contributed by atoms with van der Waals surface area (Å²) < 4.78 is 29.9. The van der Waals surface area contributed by atoms with Gasteiger partial charge in [-0.2, -0.15) is 4.31 Å². The number of pyridine rings is 1. The number of benzene rings is 1. The van der Waals surface area contributed by atoms with Gasteiger partial charge in [0, 0.05) is 43.1 Å². The first kappa shape index (κ1) is 15.4. The zero-order chi connectivity index (χ0) is 16.6. The van der Waals surface area contributed by atoms with Crippen LogP contribution in [0.3, 0.4) is 0 Å². The molecular weight excluding hydrogens is 322 g/mol. The summed E-state index contributed by atoms with van der Waals surface area (Å²) in [5.41, 5.74) is 0.549. The fourth-order valence-corrected chi connectivity index (χ4v) is 5.03. The molecule has 1 saturated heterocycles. The number of para-hydroxylation sites is 1. The van der Waals surface area contributed by atoms with Crippen molar-refractivity contribution < 1.29 is 8.42 Å². The molecule has 0 aliphatic carbocycles. The summed E-state index contributed by atoms with van der Waals surface area (Å²) in [6.07, 6.45) is 7.38. The molecule has 1 aliphatic heterocycles. The van der Waals surface area contributed by atoms with E-state index in [4.69, 9.17) is 0 Å². The maximum atomic E-state index is 13.1. The molecule has 3 aromatic rings. The van der Waals surface area contributed by atoms with Gasteiger partial charge in [-0.25, -0.2) is 8.42 Å². The molecule has 0 N–H and O–H groups in total. The Labute approximate surface area is 141 Å². The molecule has 5 nitrogen and oxygen atoms in total. The quantitative estimate of drug-likeness (QED) is 0.736. The van der Waals surface area contributed by atoms with Gasteiger partial charge >= 0.3 is 0 Å². The van der Waals surface area contributed by atoms with Crippen LogP contribution < -0.4 is 0 Å². The van der Waals surface area contributed by atoms with Gasteiger partial charge in [-0.15, -0.1) is 0 Å². The van der Waals surface area contributed by atoms with Crippen LogP contribution in [0.4, 0.5) is 0 Å². The lowest BCUT2D eigenvalue weighted by molar-refractivity contribution is 0.274. The van der Waals surface area contributed by atoms with Crippen LogP contribution in [0.1, 0.15) is 18.9 Å². The average Bonchev–Trinajstić information content (AvgIpc) is 3.16. The topological polar surface area (TPSA) is 55.2 Å². The Morgan fingerprint density at radius 3 is 2.42 bits per heavy atom. The molecule has 3 heterocycles. The lowest BCUT2D eigenvalue weighted by atomic mass is 10.1. The molecule has 1 aliphatic rings. The number of piperidine rings is 1. The molecule has 6 heteroatoms. The average molecular weight is 341 g/mol. The van der Waals surface area contributed by atoms with Gasteiger partial charge in [0.05, 0.1) is 5.52 Å². The molecule has 2 aromatic heterocycles. The summed E-state index contributed by atoms with van der Waals surface area (Å²) in [6, 6.07) is 13.4. The van der Waals surface area contributed by atoms with E-state index >= 15 is 0 Å². The van der Waals surface area contributed by atoms with Gasteiger partial charge in [-0.1, -0.05) is 18.2 Å². The van der Waals surface area contributed by atoms with E-state index in [0.29, 0.717) is 29.5 Å². The van der Waals surface area contributed by atoms with Gasteiger partial charge in [0.1, 0.15) is 4.90 Å². The molecule has 0 unspecified atom stereocenters. The third-order valence-electron chi connectivity index (χ3n) is 4.69. The monoisotopic (exact) mass is 341 g/mol. The van der Waals surface area contributed by atoms with Crippen molar-refractivity contribution in [2.45, 2.75) is 23.8 Å². The number of aromatic nitrogens is 2. The van der Waals surface area contributed by atoms with E-state index in [-0.39, 0.29) is 0 Å². The van der Waals surface area contributed by atoms with Crippen molar-refractivity contribution in [2.75, 3.05) is 13.1 Å². The standard InChI is InChI=1S/C18H19N3O2S/c22-24(23,17-7-3-5-15-6-4-10-19-18(15)17)21-13-8-16(9-14-21)20-11-1-2-12-20/h1-7,10-12,16H,8-9,13-14H2. The van der Waals surface area contributed by atoms with Crippen LogP contribution >= 0.6 is 0 Å². The first-order valence-corrected chi connectivity index (χ1v) is 9.56. The molecule has 1 aromatic carbocycles. The summed E-state index contributed by atoms with van der Waals surface area (Å²) in [5, 5.41) is 0.848. The normalized spacial score (nSPS) is 17.3. The van der Waals surface area contributed by atoms with Crippen molar-refractivity contribution in [3.05, 3.63) is 61.1 Å². The zero-order valence-electron chi connectivity index (χ0n) is 13.2. The molecule has 0 spiro atoms. The molecular formula is C18H19N3O2S. The van der Waals surface area contributed by atoms with Gasteiger partial charge in [0.15, 0.2) is 0 Å². The maximum Gasteiger partial charge on any atom is 0.245 e. The highest BCUT2D eigenvalue weighted by atomic mass is 32.2. The number of rotatable bonds is 3. The fraction of sp³-hybridized carbons (Fsp3) is 0.278. The number of nitrogens with zero attached hydrogens (tertiary/aromatic N) is 3. The van der Waals surface area contributed by atoms with Gasteiger partial charge in [0.25, 0.3) is 0 Å². The van der Waals surface area contributed by atoms with E-state index in [1.54, 1.807) is 22.6 Å². The van der Waals surface area contributed by atoms with E-state index in [2.05, 4.69) is 9.55 Å². The zero-order valence-corrected chi connectivity index (χ0v) is 14.1. The van der Waals surface area contributed by atoms with Crippen molar-refractivity contribution in [2.24, 2.45) is 0 Å². The molecule has 124 valence electrons. The van der Waals surface area contributed by atoms with Gasteiger partial charge in [0.2, 0.25) is 10.0 Å². The molecule has 0 atom stereocenters. The number of hydrogen-bond donors (Lipinski definition) is 0. The Kier molecular flexibility index (Phi) is 3.86. The van der Waals surface area contributed by atoms with Crippen LogP contribution in [0, 0.1) is 0 Å². The summed E-state index contributed by atoms with van der Waals surface area (Å²) in [4.78, 5) is 4.59. The second-order valence-electron chi connectivity index (χ2n) is 6.10. The van der Waals surface area contributed by atoms with Crippen LogP contribution in [-0.2, 0) is 10.0 Å². The van der Waals surface area contributed by atoms with E-state index in [1.165, 1.54) is 0 Å². The van der Waals surface area contributed by atoms with Crippen LogP contribution in [0.25, 0.3) is 10.9 Å². The number of fused-ring (bicyclic) bond motifs is 1. The first-order valence-electron chi connectivity index (χ1n) is 8.12. The van der Waals surface area contributed by atoms with E-state index in [0.717, 1.165) is 18.2 Å². The highest BCUT2D eigenvalue weighted by molar-refractivity contribution is 7.89. The largest absolute Gasteiger partial charge is 0.351 e. The SMILES string of the molecule is O=S(=O)(c1cccc2cccnc12)N1CCC(n2cccc2)CC1. The molecule has 0 saturated carbocycles. The third-order valence-corrected chi connectivity index (χ3v) is 6.62. The minimum absolute atomic E-state index is 0.306. The summed E-state index contributed by atoms with van der Waals surface area (Å²) in [7, 11) is -3.52.